The Labute approximate surface area is 123 Å². The van der Waals surface area contributed by atoms with Crippen LogP contribution in [0.2, 0.25) is 0 Å². The van der Waals surface area contributed by atoms with Gasteiger partial charge in [-0.1, -0.05) is 12.1 Å². The van der Waals surface area contributed by atoms with E-state index in [1.807, 2.05) is 0 Å². The minimum absolute atomic E-state index is 0.0568. The smallest absolute Gasteiger partial charge is 0.123 e. The minimum Gasteiger partial charge on any atom is -0.490 e. The minimum atomic E-state index is -0.0568. The van der Waals surface area contributed by atoms with E-state index in [1.54, 1.807) is 11.3 Å². The van der Waals surface area contributed by atoms with E-state index < -0.39 is 0 Å². The number of ether oxygens (including phenoxy) is 1. The molecular formula is C16H17ClOS. The summed E-state index contributed by atoms with van der Waals surface area (Å²) in [5, 5.41) is -0.0568. The molecule has 0 fully saturated rings. The maximum absolute atomic E-state index is 6.62. The summed E-state index contributed by atoms with van der Waals surface area (Å²) in [5.41, 5.74) is 3.77. The Kier molecular flexibility index (Phi) is 3.32. The first-order valence-corrected chi connectivity index (χ1v) is 7.80. The number of benzene rings is 1. The second kappa shape index (κ2) is 4.84. The number of halogens is 1. The van der Waals surface area contributed by atoms with E-state index >= 15 is 0 Å². The van der Waals surface area contributed by atoms with Crippen molar-refractivity contribution in [2.45, 2.75) is 38.7 Å². The number of fused-ring (bicyclic) bond motifs is 1. The Balaban J connectivity index is 1.92. The molecular weight excluding hydrogens is 276 g/mol. The molecule has 2 unspecified atom stereocenters. The molecule has 1 aliphatic rings. The molecule has 0 amide bonds. The molecule has 0 saturated heterocycles. The number of rotatable bonds is 2. The normalized spacial score (nSPS) is 19.1. The zero-order valence-corrected chi connectivity index (χ0v) is 12.9. The standard InChI is InChI=1S/C16H17ClOS/c1-9-6-15(19-11(9)3)16(17)12-4-5-14-13(8-12)7-10(2)18-14/h4-6,8,10,16H,7H2,1-3H3. The van der Waals surface area contributed by atoms with Gasteiger partial charge in [-0.2, -0.15) is 0 Å². The second-order valence-electron chi connectivity index (χ2n) is 5.25. The van der Waals surface area contributed by atoms with Crippen molar-refractivity contribution in [3.63, 3.8) is 0 Å². The molecule has 1 aromatic carbocycles. The van der Waals surface area contributed by atoms with Gasteiger partial charge in [-0.15, -0.1) is 22.9 Å². The van der Waals surface area contributed by atoms with Crippen LogP contribution in [0.15, 0.2) is 24.3 Å². The van der Waals surface area contributed by atoms with Crippen LogP contribution in [0, 0.1) is 13.8 Å². The van der Waals surface area contributed by atoms with Gasteiger partial charge in [0.1, 0.15) is 11.9 Å². The predicted molar refractivity (Wildman–Crippen MR) is 81.7 cm³/mol. The topological polar surface area (TPSA) is 9.23 Å². The average Bonchev–Trinajstić information content (AvgIpc) is 2.90. The fourth-order valence-electron chi connectivity index (χ4n) is 2.49. The lowest BCUT2D eigenvalue weighted by Crippen LogP contribution is -2.05. The maximum Gasteiger partial charge on any atom is 0.123 e. The number of aryl methyl sites for hydroxylation is 2. The lowest BCUT2D eigenvalue weighted by atomic mass is 10.0. The highest BCUT2D eigenvalue weighted by Crippen LogP contribution is 2.38. The van der Waals surface area contributed by atoms with E-state index in [1.165, 1.54) is 26.4 Å². The van der Waals surface area contributed by atoms with E-state index in [4.69, 9.17) is 16.3 Å². The summed E-state index contributed by atoms with van der Waals surface area (Å²) >= 11 is 8.41. The first-order valence-electron chi connectivity index (χ1n) is 6.55. The summed E-state index contributed by atoms with van der Waals surface area (Å²) in [7, 11) is 0. The van der Waals surface area contributed by atoms with Crippen molar-refractivity contribution >= 4 is 22.9 Å². The number of hydrogen-bond acceptors (Lipinski definition) is 2. The van der Waals surface area contributed by atoms with Crippen LogP contribution in [0.5, 0.6) is 5.75 Å². The summed E-state index contributed by atoms with van der Waals surface area (Å²) in [4.78, 5) is 2.57. The van der Waals surface area contributed by atoms with E-state index in [9.17, 15) is 0 Å². The number of alkyl halides is 1. The van der Waals surface area contributed by atoms with Gasteiger partial charge in [0.25, 0.3) is 0 Å². The van der Waals surface area contributed by atoms with Crippen molar-refractivity contribution < 1.29 is 4.74 Å². The van der Waals surface area contributed by atoms with Gasteiger partial charge in [-0.25, -0.2) is 0 Å². The number of thiophene rings is 1. The van der Waals surface area contributed by atoms with Crippen LogP contribution in [0.25, 0.3) is 0 Å². The first kappa shape index (κ1) is 13.0. The molecule has 3 heteroatoms. The van der Waals surface area contributed by atoms with Crippen LogP contribution in [-0.4, -0.2) is 6.10 Å². The van der Waals surface area contributed by atoms with Gasteiger partial charge in [0.05, 0.1) is 5.38 Å². The molecule has 19 heavy (non-hydrogen) atoms. The van der Waals surface area contributed by atoms with Crippen LogP contribution in [0.4, 0.5) is 0 Å². The van der Waals surface area contributed by atoms with Crippen molar-refractivity contribution in [3.05, 3.63) is 50.7 Å². The van der Waals surface area contributed by atoms with Crippen molar-refractivity contribution in [1.82, 2.24) is 0 Å². The first-order chi connectivity index (χ1) is 9.04. The molecule has 2 heterocycles. The molecule has 0 spiro atoms. The highest BCUT2D eigenvalue weighted by Gasteiger charge is 2.21. The molecule has 1 aromatic heterocycles. The quantitative estimate of drug-likeness (QED) is 0.707. The third kappa shape index (κ3) is 2.39. The monoisotopic (exact) mass is 292 g/mol. The van der Waals surface area contributed by atoms with Gasteiger partial charge in [0, 0.05) is 16.2 Å². The molecule has 0 radical (unpaired) electrons. The molecule has 0 saturated carbocycles. The Bertz CT molecular complexity index is 598. The molecule has 3 rings (SSSR count). The average molecular weight is 293 g/mol. The molecule has 1 aliphatic heterocycles. The molecule has 1 nitrogen and oxygen atoms in total. The summed E-state index contributed by atoms with van der Waals surface area (Å²) in [6.45, 7) is 6.38. The highest BCUT2D eigenvalue weighted by atomic mass is 35.5. The lowest BCUT2D eigenvalue weighted by molar-refractivity contribution is 0.254. The lowest BCUT2D eigenvalue weighted by Gasteiger charge is -2.09. The zero-order chi connectivity index (χ0) is 13.6. The van der Waals surface area contributed by atoms with E-state index in [0.29, 0.717) is 0 Å². The van der Waals surface area contributed by atoms with Gasteiger partial charge in [-0.3, -0.25) is 0 Å². The Morgan fingerprint density at radius 2 is 2.11 bits per heavy atom. The van der Waals surface area contributed by atoms with Crippen LogP contribution in [0.1, 0.15) is 38.7 Å². The van der Waals surface area contributed by atoms with Crippen molar-refractivity contribution in [1.29, 1.82) is 0 Å². The summed E-state index contributed by atoms with van der Waals surface area (Å²) in [6.07, 6.45) is 1.26. The number of hydrogen-bond donors (Lipinski definition) is 0. The van der Waals surface area contributed by atoms with Gasteiger partial charge in [0.15, 0.2) is 0 Å². The van der Waals surface area contributed by atoms with Crippen molar-refractivity contribution in [3.8, 4) is 5.75 Å². The Hall–Kier alpha value is -0.990. The Morgan fingerprint density at radius 1 is 1.32 bits per heavy atom. The molecule has 0 N–H and O–H groups in total. The van der Waals surface area contributed by atoms with Gasteiger partial charge < -0.3 is 4.74 Å². The van der Waals surface area contributed by atoms with Gasteiger partial charge in [-0.05, 0) is 49.6 Å². The van der Waals surface area contributed by atoms with Crippen LogP contribution in [-0.2, 0) is 6.42 Å². The maximum atomic E-state index is 6.62. The van der Waals surface area contributed by atoms with Crippen molar-refractivity contribution in [2.24, 2.45) is 0 Å². The van der Waals surface area contributed by atoms with Crippen LogP contribution >= 0.6 is 22.9 Å². The third-order valence-electron chi connectivity index (χ3n) is 3.65. The molecule has 2 atom stereocenters. The van der Waals surface area contributed by atoms with Crippen LogP contribution in [0.3, 0.4) is 0 Å². The van der Waals surface area contributed by atoms with Crippen LogP contribution < -0.4 is 4.74 Å². The Morgan fingerprint density at radius 3 is 2.79 bits per heavy atom. The molecule has 0 aliphatic carbocycles. The van der Waals surface area contributed by atoms with E-state index in [0.717, 1.165) is 12.2 Å². The third-order valence-corrected chi connectivity index (χ3v) is 5.48. The fourth-order valence-corrected chi connectivity index (χ4v) is 3.87. The predicted octanol–water partition coefficient (Wildman–Crippen LogP) is 5.02. The SMILES string of the molecule is Cc1cc(C(Cl)c2ccc3c(c2)CC(C)O3)sc1C. The summed E-state index contributed by atoms with van der Waals surface area (Å²) in [5.74, 6) is 1.01. The summed E-state index contributed by atoms with van der Waals surface area (Å²) in [6, 6.07) is 8.53. The fraction of sp³-hybridized carbons (Fsp3) is 0.375. The van der Waals surface area contributed by atoms with Crippen molar-refractivity contribution in [2.75, 3.05) is 0 Å². The van der Waals surface area contributed by atoms with E-state index in [-0.39, 0.29) is 11.5 Å². The molecule has 0 bridgehead atoms. The second-order valence-corrected chi connectivity index (χ2v) is 6.97. The van der Waals surface area contributed by atoms with Gasteiger partial charge >= 0.3 is 0 Å². The van der Waals surface area contributed by atoms with Gasteiger partial charge in [0.2, 0.25) is 0 Å². The molecule has 100 valence electrons. The highest BCUT2D eigenvalue weighted by molar-refractivity contribution is 7.12. The summed E-state index contributed by atoms with van der Waals surface area (Å²) < 4.78 is 5.73. The molecule has 2 aromatic rings. The zero-order valence-electron chi connectivity index (χ0n) is 11.4. The largest absolute Gasteiger partial charge is 0.490 e. The van der Waals surface area contributed by atoms with E-state index in [2.05, 4.69) is 45.0 Å².